The van der Waals surface area contributed by atoms with E-state index >= 15 is 0 Å². The Morgan fingerprint density at radius 1 is 1.00 bits per heavy atom. The molecule has 0 aromatic heterocycles. The molecule has 17 heavy (non-hydrogen) atoms. The zero-order chi connectivity index (χ0) is 12.7. The predicted octanol–water partition coefficient (Wildman–Crippen LogP) is 0.967. The Hall–Kier alpha value is -1.10. The summed E-state index contributed by atoms with van der Waals surface area (Å²) >= 11 is 0. The van der Waals surface area contributed by atoms with E-state index in [4.69, 9.17) is 0 Å². The van der Waals surface area contributed by atoms with Gasteiger partial charge in [-0.15, -0.1) is 0 Å². The summed E-state index contributed by atoms with van der Waals surface area (Å²) < 4.78 is 9.31. The normalized spacial score (nSPS) is 16.9. The summed E-state index contributed by atoms with van der Waals surface area (Å²) in [4.78, 5) is 24.5. The Labute approximate surface area is 102 Å². The van der Waals surface area contributed by atoms with Crippen molar-refractivity contribution in [3.05, 3.63) is 0 Å². The third-order valence-electron chi connectivity index (χ3n) is 3.21. The molecule has 0 atom stereocenters. The number of nitrogens with zero attached hydrogens (tertiary/aromatic N) is 1. The Balaban J connectivity index is 2.56. The Bertz CT molecular complexity index is 243. The molecule has 0 spiro atoms. The van der Waals surface area contributed by atoms with E-state index in [0.29, 0.717) is 6.04 Å². The number of carbonyl (C=O) groups excluding carboxylic acids is 2. The lowest BCUT2D eigenvalue weighted by atomic mass is 9.94. The highest BCUT2D eigenvalue weighted by molar-refractivity contribution is 5.74. The highest BCUT2D eigenvalue weighted by Gasteiger charge is 2.25. The summed E-state index contributed by atoms with van der Waals surface area (Å²) in [6.45, 7) is 0.326. The minimum atomic E-state index is -0.306. The maximum absolute atomic E-state index is 11.3. The first-order chi connectivity index (χ1) is 8.17. The first kappa shape index (κ1) is 14.0. The van der Waals surface area contributed by atoms with Crippen LogP contribution in [0.25, 0.3) is 0 Å². The quantitative estimate of drug-likeness (QED) is 0.673. The molecule has 0 amide bonds. The monoisotopic (exact) mass is 243 g/mol. The lowest BCUT2D eigenvalue weighted by Crippen LogP contribution is -2.43. The fourth-order valence-electron chi connectivity index (χ4n) is 2.22. The van der Waals surface area contributed by atoms with Crippen LogP contribution in [0.5, 0.6) is 0 Å². The largest absolute Gasteiger partial charge is 0.468 e. The van der Waals surface area contributed by atoms with E-state index in [1.54, 1.807) is 0 Å². The second-order valence-corrected chi connectivity index (χ2v) is 4.35. The van der Waals surface area contributed by atoms with Crippen LogP contribution in [0, 0.1) is 0 Å². The first-order valence-electron chi connectivity index (χ1n) is 6.05. The van der Waals surface area contributed by atoms with E-state index in [-0.39, 0.29) is 25.0 Å². The average molecular weight is 243 g/mol. The molecule has 0 unspecified atom stereocenters. The molecular weight excluding hydrogens is 222 g/mol. The summed E-state index contributed by atoms with van der Waals surface area (Å²) in [5, 5.41) is 0. The smallest absolute Gasteiger partial charge is 0.319 e. The number of esters is 2. The molecule has 5 nitrogen and oxygen atoms in total. The fraction of sp³-hybridized carbons (Fsp3) is 0.833. The summed E-state index contributed by atoms with van der Waals surface area (Å²) in [6.07, 6.45) is 5.62. The summed E-state index contributed by atoms with van der Waals surface area (Å²) in [6, 6.07) is 0.293. The lowest BCUT2D eigenvalue weighted by molar-refractivity contribution is -0.147. The van der Waals surface area contributed by atoms with Crippen molar-refractivity contribution in [1.82, 2.24) is 4.90 Å². The molecule has 5 heteroatoms. The van der Waals surface area contributed by atoms with Gasteiger partial charge in [-0.2, -0.15) is 0 Å². The van der Waals surface area contributed by atoms with E-state index in [2.05, 4.69) is 9.47 Å². The topological polar surface area (TPSA) is 55.8 Å². The average Bonchev–Trinajstić information content (AvgIpc) is 2.38. The predicted molar refractivity (Wildman–Crippen MR) is 62.5 cm³/mol. The van der Waals surface area contributed by atoms with Crippen molar-refractivity contribution in [3.63, 3.8) is 0 Å². The van der Waals surface area contributed by atoms with Gasteiger partial charge in [0, 0.05) is 6.04 Å². The van der Waals surface area contributed by atoms with Gasteiger partial charge in [0.15, 0.2) is 0 Å². The molecular formula is C12H21NO4. The second kappa shape index (κ2) is 7.27. The highest BCUT2D eigenvalue weighted by atomic mass is 16.5. The van der Waals surface area contributed by atoms with Gasteiger partial charge in [-0.1, -0.05) is 19.3 Å². The maximum atomic E-state index is 11.3. The van der Waals surface area contributed by atoms with Gasteiger partial charge in [0.2, 0.25) is 0 Å². The Morgan fingerprint density at radius 3 is 1.88 bits per heavy atom. The molecule has 1 rings (SSSR count). The van der Waals surface area contributed by atoms with Gasteiger partial charge in [-0.05, 0) is 12.8 Å². The van der Waals surface area contributed by atoms with Crippen LogP contribution in [0.1, 0.15) is 32.1 Å². The highest BCUT2D eigenvalue weighted by Crippen LogP contribution is 2.22. The third kappa shape index (κ3) is 4.73. The Kier molecular flexibility index (Phi) is 5.97. The van der Waals surface area contributed by atoms with Crippen molar-refractivity contribution in [2.45, 2.75) is 38.1 Å². The molecule has 0 aromatic carbocycles. The summed E-state index contributed by atoms with van der Waals surface area (Å²) in [5.41, 5.74) is 0. The Morgan fingerprint density at radius 2 is 1.47 bits per heavy atom. The number of hydrogen-bond acceptors (Lipinski definition) is 5. The molecule has 98 valence electrons. The van der Waals surface area contributed by atoms with Crippen LogP contribution in [-0.2, 0) is 19.1 Å². The standard InChI is InChI=1S/C12H21NO4/c1-16-11(14)8-13(9-12(15)17-2)10-6-4-3-5-7-10/h10H,3-9H2,1-2H3. The van der Waals surface area contributed by atoms with Crippen LogP contribution < -0.4 is 0 Å². The molecule has 1 saturated carbocycles. The summed E-state index contributed by atoms with van der Waals surface area (Å²) in [7, 11) is 2.72. The minimum absolute atomic E-state index is 0.163. The zero-order valence-electron chi connectivity index (χ0n) is 10.6. The van der Waals surface area contributed by atoms with E-state index in [1.165, 1.54) is 20.6 Å². The molecule has 0 saturated heterocycles. The molecule has 0 heterocycles. The van der Waals surface area contributed by atoms with Crippen molar-refractivity contribution in [2.24, 2.45) is 0 Å². The maximum Gasteiger partial charge on any atom is 0.319 e. The molecule has 1 fully saturated rings. The molecule has 0 N–H and O–H groups in total. The van der Waals surface area contributed by atoms with Gasteiger partial charge in [-0.3, -0.25) is 14.5 Å². The van der Waals surface area contributed by atoms with Crippen molar-refractivity contribution >= 4 is 11.9 Å². The van der Waals surface area contributed by atoms with Gasteiger partial charge in [-0.25, -0.2) is 0 Å². The van der Waals surface area contributed by atoms with Crippen molar-refractivity contribution in [3.8, 4) is 0 Å². The molecule has 1 aliphatic rings. The van der Waals surface area contributed by atoms with Crippen LogP contribution >= 0.6 is 0 Å². The van der Waals surface area contributed by atoms with Gasteiger partial charge in [0.1, 0.15) is 0 Å². The number of hydrogen-bond donors (Lipinski definition) is 0. The second-order valence-electron chi connectivity index (χ2n) is 4.35. The molecule has 0 bridgehead atoms. The zero-order valence-corrected chi connectivity index (χ0v) is 10.6. The number of carbonyl (C=O) groups is 2. The minimum Gasteiger partial charge on any atom is -0.468 e. The van der Waals surface area contributed by atoms with Crippen LogP contribution in [-0.4, -0.2) is 50.2 Å². The fourth-order valence-corrected chi connectivity index (χ4v) is 2.22. The van der Waals surface area contributed by atoms with Gasteiger partial charge < -0.3 is 9.47 Å². The third-order valence-corrected chi connectivity index (χ3v) is 3.21. The van der Waals surface area contributed by atoms with Crippen molar-refractivity contribution in [2.75, 3.05) is 27.3 Å². The molecule has 1 aliphatic carbocycles. The van der Waals surface area contributed by atoms with Crippen molar-refractivity contribution < 1.29 is 19.1 Å². The van der Waals surface area contributed by atoms with Gasteiger partial charge in [0.05, 0.1) is 27.3 Å². The van der Waals surface area contributed by atoms with Crippen LogP contribution in [0.15, 0.2) is 0 Å². The number of methoxy groups -OCH3 is 2. The molecule has 0 radical (unpaired) electrons. The van der Waals surface area contributed by atoms with Crippen molar-refractivity contribution in [1.29, 1.82) is 0 Å². The van der Waals surface area contributed by atoms with E-state index in [0.717, 1.165) is 25.7 Å². The van der Waals surface area contributed by atoms with Crippen LogP contribution in [0.3, 0.4) is 0 Å². The van der Waals surface area contributed by atoms with Gasteiger partial charge in [0.25, 0.3) is 0 Å². The van der Waals surface area contributed by atoms with E-state index in [1.807, 2.05) is 4.90 Å². The first-order valence-corrected chi connectivity index (χ1v) is 6.05. The van der Waals surface area contributed by atoms with E-state index < -0.39 is 0 Å². The number of ether oxygens (including phenoxy) is 2. The SMILES string of the molecule is COC(=O)CN(CC(=O)OC)C1CCCCC1. The van der Waals surface area contributed by atoms with Crippen LogP contribution in [0.2, 0.25) is 0 Å². The van der Waals surface area contributed by atoms with Crippen LogP contribution in [0.4, 0.5) is 0 Å². The number of rotatable bonds is 5. The lowest BCUT2D eigenvalue weighted by Gasteiger charge is -2.32. The molecule has 0 aromatic rings. The van der Waals surface area contributed by atoms with E-state index in [9.17, 15) is 9.59 Å². The molecule has 0 aliphatic heterocycles. The summed E-state index contributed by atoms with van der Waals surface area (Å²) in [5.74, 6) is -0.612. The van der Waals surface area contributed by atoms with Gasteiger partial charge >= 0.3 is 11.9 Å².